The van der Waals surface area contributed by atoms with Crippen LogP contribution in [0.5, 0.6) is 0 Å². The van der Waals surface area contributed by atoms with Crippen LogP contribution in [0.4, 0.5) is 0 Å². The van der Waals surface area contributed by atoms with Gasteiger partial charge in [0.05, 0.1) is 29.9 Å². The SMILES string of the molecule is Cc1ccc(-n2cc([C@H]3NCCc4[nH]cnc43)cn2)cc1C. The molecule has 5 nitrogen and oxygen atoms in total. The topological polar surface area (TPSA) is 58.5 Å². The van der Waals surface area contributed by atoms with E-state index in [1.54, 1.807) is 6.33 Å². The van der Waals surface area contributed by atoms with E-state index in [1.165, 1.54) is 16.8 Å². The van der Waals surface area contributed by atoms with Gasteiger partial charge in [0.25, 0.3) is 0 Å². The van der Waals surface area contributed by atoms with Crippen LogP contribution in [-0.4, -0.2) is 26.3 Å². The Hall–Kier alpha value is -2.40. The van der Waals surface area contributed by atoms with E-state index >= 15 is 0 Å². The molecule has 1 atom stereocenters. The van der Waals surface area contributed by atoms with Crippen molar-refractivity contribution in [3.8, 4) is 5.69 Å². The molecule has 0 bridgehead atoms. The number of hydrogen-bond acceptors (Lipinski definition) is 3. The Morgan fingerprint density at radius 3 is 3.00 bits per heavy atom. The maximum atomic E-state index is 4.53. The lowest BCUT2D eigenvalue weighted by atomic mass is 10.0. The summed E-state index contributed by atoms with van der Waals surface area (Å²) in [6.07, 6.45) is 6.79. The zero-order valence-electron chi connectivity index (χ0n) is 12.8. The molecule has 0 saturated carbocycles. The summed E-state index contributed by atoms with van der Waals surface area (Å²) in [6.45, 7) is 5.20. The number of H-pyrrole nitrogens is 1. The van der Waals surface area contributed by atoms with E-state index in [-0.39, 0.29) is 6.04 Å². The first-order valence-corrected chi connectivity index (χ1v) is 7.60. The first-order valence-electron chi connectivity index (χ1n) is 7.60. The zero-order chi connectivity index (χ0) is 15.1. The number of benzene rings is 1. The molecular formula is C17H19N5. The Morgan fingerprint density at radius 2 is 2.14 bits per heavy atom. The summed E-state index contributed by atoms with van der Waals surface area (Å²) in [5.41, 5.74) is 7.12. The predicted octanol–water partition coefficient (Wildman–Crippen LogP) is 2.45. The van der Waals surface area contributed by atoms with Crippen molar-refractivity contribution in [1.82, 2.24) is 25.1 Å². The molecule has 0 saturated heterocycles. The van der Waals surface area contributed by atoms with Gasteiger partial charge in [-0.3, -0.25) is 0 Å². The van der Waals surface area contributed by atoms with Crippen molar-refractivity contribution in [2.24, 2.45) is 0 Å². The van der Waals surface area contributed by atoms with E-state index in [4.69, 9.17) is 0 Å². The van der Waals surface area contributed by atoms with Crippen LogP contribution in [0.2, 0.25) is 0 Å². The van der Waals surface area contributed by atoms with Gasteiger partial charge in [-0.05, 0) is 37.1 Å². The van der Waals surface area contributed by atoms with Gasteiger partial charge < -0.3 is 10.3 Å². The first kappa shape index (κ1) is 13.3. The van der Waals surface area contributed by atoms with E-state index in [9.17, 15) is 0 Å². The second kappa shape index (κ2) is 5.10. The van der Waals surface area contributed by atoms with Crippen molar-refractivity contribution in [1.29, 1.82) is 0 Å². The molecule has 2 aromatic heterocycles. The minimum atomic E-state index is 0.121. The smallest absolute Gasteiger partial charge is 0.0926 e. The Bertz CT molecular complexity index is 814. The van der Waals surface area contributed by atoms with Crippen molar-refractivity contribution < 1.29 is 0 Å². The third-order valence-electron chi connectivity index (χ3n) is 4.44. The third-order valence-corrected chi connectivity index (χ3v) is 4.44. The summed E-state index contributed by atoms with van der Waals surface area (Å²) in [7, 11) is 0. The molecule has 0 unspecified atom stereocenters. The zero-order valence-corrected chi connectivity index (χ0v) is 12.8. The lowest BCUT2D eigenvalue weighted by Gasteiger charge is -2.21. The van der Waals surface area contributed by atoms with Gasteiger partial charge in [-0.2, -0.15) is 5.10 Å². The molecule has 1 aliphatic rings. The lowest BCUT2D eigenvalue weighted by molar-refractivity contribution is 0.553. The quantitative estimate of drug-likeness (QED) is 0.763. The van der Waals surface area contributed by atoms with E-state index in [1.807, 2.05) is 10.9 Å². The molecular weight excluding hydrogens is 274 g/mol. The van der Waals surface area contributed by atoms with Gasteiger partial charge in [-0.1, -0.05) is 6.07 Å². The van der Waals surface area contributed by atoms with Gasteiger partial charge in [-0.25, -0.2) is 9.67 Å². The number of aryl methyl sites for hydroxylation is 2. The first-order chi connectivity index (χ1) is 10.7. The summed E-state index contributed by atoms with van der Waals surface area (Å²) in [4.78, 5) is 7.70. The van der Waals surface area contributed by atoms with Crippen LogP contribution in [0.3, 0.4) is 0 Å². The number of nitrogens with zero attached hydrogens (tertiary/aromatic N) is 3. The minimum absolute atomic E-state index is 0.121. The van der Waals surface area contributed by atoms with E-state index < -0.39 is 0 Å². The molecule has 0 aliphatic carbocycles. The molecule has 3 aromatic rings. The second-order valence-electron chi connectivity index (χ2n) is 5.89. The normalized spacial score (nSPS) is 17.5. The van der Waals surface area contributed by atoms with Gasteiger partial charge in [0.1, 0.15) is 0 Å². The number of nitrogens with one attached hydrogen (secondary N) is 2. The predicted molar refractivity (Wildman–Crippen MR) is 85.2 cm³/mol. The number of hydrogen-bond donors (Lipinski definition) is 2. The lowest BCUT2D eigenvalue weighted by Crippen LogP contribution is -2.30. The maximum absolute atomic E-state index is 4.53. The molecule has 22 heavy (non-hydrogen) atoms. The largest absolute Gasteiger partial charge is 0.348 e. The Kier molecular flexibility index (Phi) is 3.08. The van der Waals surface area contributed by atoms with Crippen LogP contribution >= 0.6 is 0 Å². The standard InChI is InChI=1S/C17H19N5/c1-11-3-4-14(7-12(11)2)22-9-13(8-21-22)16-17-15(5-6-18-16)19-10-20-17/h3-4,7-10,16,18H,5-6H2,1-2H3,(H,19,20)/t16-/m1/s1. The van der Waals surface area contributed by atoms with Gasteiger partial charge in [-0.15, -0.1) is 0 Å². The molecule has 2 N–H and O–H groups in total. The average molecular weight is 293 g/mol. The van der Waals surface area contributed by atoms with Crippen LogP contribution in [0, 0.1) is 13.8 Å². The highest BCUT2D eigenvalue weighted by Gasteiger charge is 2.24. The summed E-state index contributed by atoms with van der Waals surface area (Å²) < 4.78 is 1.93. The third kappa shape index (κ3) is 2.14. The Labute approximate surface area is 129 Å². The number of imidazole rings is 1. The van der Waals surface area contributed by atoms with Crippen molar-refractivity contribution >= 4 is 0 Å². The molecule has 0 spiro atoms. The van der Waals surface area contributed by atoms with Gasteiger partial charge in [0.2, 0.25) is 0 Å². The van der Waals surface area contributed by atoms with Gasteiger partial charge in [0, 0.05) is 30.4 Å². The minimum Gasteiger partial charge on any atom is -0.348 e. The van der Waals surface area contributed by atoms with Crippen molar-refractivity contribution in [3.63, 3.8) is 0 Å². The summed E-state index contributed by atoms with van der Waals surface area (Å²) in [5.74, 6) is 0. The molecule has 112 valence electrons. The van der Waals surface area contributed by atoms with Gasteiger partial charge in [0.15, 0.2) is 0 Å². The maximum Gasteiger partial charge on any atom is 0.0926 e. The van der Waals surface area contributed by atoms with Crippen LogP contribution in [0.15, 0.2) is 36.9 Å². The van der Waals surface area contributed by atoms with Crippen LogP contribution in [-0.2, 0) is 6.42 Å². The summed E-state index contributed by atoms with van der Waals surface area (Å²) in [6, 6.07) is 6.53. The van der Waals surface area contributed by atoms with E-state index in [0.29, 0.717) is 0 Å². The molecule has 0 radical (unpaired) electrons. The molecule has 3 heterocycles. The number of fused-ring (bicyclic) bond motifs is 1. The second-order valence-corrected chi connectivity index (χ2v) is 5.89. The molecule has 0 amide bonds. The van der Waals surface area contributed by atoms with Crippen LogP contribution in [0.25, 0.3) is 5.69 Å². The van der Waals surface area contributed by atoms with E-state index in [0.717, 1.165) is 29.9 Å². The molecule has 1 aromatic carbocycles. The molecule has 1 aliphatic heterocycles. The van der Waals surface area contributed by atoms with Crippen LogP contribution in [0.1, 0.15) is 34.1 Å². The highest BCUT2D eigenvalue weighted by molar-refractivity contribution is 5.40. The highest BCUT2D eigenvalue weighted by atomic mass is 15.3. The summed E-state index contributed by atoms with van der Waals surface area (Å²) >= 11 is 0. The van der Waals surface area contributed by atoms with Crippen molar-refractivity contribution in [2.45, 2.75) is 26.3 Å². The number of rotatable bonds is 2. The molecule has 4 rings (SSSR count). The fourth-order valence-electron chi connectivity index (χ4n) is 2.99. The fourth-order valence-corrected chi connectivity index (χ4v) is 2.99. The number of aromatic amines is 1. The Balaban J connectivity index is 1.69. The fraction of sp³-hybridized carbons (Fsp3) is 0.294. The molecule has 0 fully saturated rings. The van der Waals surface area contributed by atoms with Crippen molar-refractivity contribution in [2.75, 3.05) is 6.54 Å². The van der Waals surface area contributed by atoms with E-state index in [2.05, 4.69) is 58.6 Å². The monoisotopic (exact) mass is 293 g/mol. The number of aromatic nitrogens is 4. The van der Waals surface area contributed by atoms with Gasteiger partial charge >= 0.3 is 0 Å². The molecule has 5 heteroatoms. The van der Waals surface area contributed by atoms with Crippen molar-refractivity contribution in [3.05, 3.63) is 65.0 Å². The summed E-state index contributed by atoms with van der Waals surface area (Å²) in [5, 5.41) is 8.06. The highest BCUT2D eigenvalue weighted by Crippen LogP contribution is 2.26. The van der Waals surface area contributed by atoms with Crippen LogP contribution < -0.4 is 5.32 Å². The Morgan fingerprint density at radius 1 is 1.23 bits per heavy atom. The average Bonchev–Trinajstić information content (AvgIpc) is 3.18.